The lowest BCUT2D eigenvalue weighted by Gasteiger charge is -2.32. The first kappa shape index (κ1) is 20.9. The number of fused-ring (bicyclic) bond motifs is 1. The predicted molar refractivity (Wildman–Crippen MR) is 120 cm³/mol. The van der Waals surface area contributed by atoms with E-state index in [4.69, 9.17) is 4.74 Å². The van der Waals surface area contributed by atoms with Crippen LogP contribution in [-0.4, -0.2) is 53.0 Å². The molecule has 1 saturated carbocycles. The van der Waals surface area contributed by atoms with E-state index < -0.39 is 29.6 Å². The number of rotatable bonds is 6. The Bertz CT molecular complexity index is 999. The highest BCUT2D eigenvalue weighted by atomic mass is 16.5. The van der Waals surface area contributed by atoms with Crippen LogP contribution < -0.4 is 10.6 Å². The number of nitrogens with zero attached hydrogens (tertiary/aromatic N) is 1. The number of hydrogen-bond donors (Lipinski definition) is 2. The molecule has 7 heteroatoms. The Kier molecular flexibility index (Phi) is 5.16. The zero-order valence-electron chi connectivity index (χ0n) is 18.3. The Morgan fingerprint density at radius 1 is 1.25 bits per heavy atom. The van der Waals surface area contributed by atoms with Crippen molar-refractivity contribution in [2.45, 2.75) is 56.4 Å². The molecule has 7 nitrogen and oxygen atoms in total. The van der Waals surface area contributed by atoms with Gasteiger partial charge in [0.25, 0.3) is 0 Å². The number of hydrogen-bond acceptors (Lipinski definition) is 4. The van der Waals surface area contributed by atoms with Crippen molar-refractivity contribution in [3.63, 3.8) is 0 Å². The molecule has 2 N–H and O–H groups in total. The Labute approximate surface area is 187 Å². The van der Waals surface area contributed by atoms with E-state index in [0.717, 1.165) is 31.2 Å². The number of carbonyl (C=O) groups is 3. The highest BCUT2D eigenvalue weighted by molar-refractivity contribution is 6.03. The van der Waals surface area contributed by atoms with Crippen molar-refractivity contribution in [3.8, 4) is 0 Å². The maximum Gasteiger partial charge on any atom is 0.246 e. The van der Waals surface area contributed by atoms with E-state index in [9.17, 15) is 14.4 Å². The number of carbonyl (C=O) groups excluding carboxylic acids is 3. The minimum Gasteiger partial charge on any atom is -0.359 e. The lowest BCUT2D eigenvalue weighted by Crippen LogP contribution is -2.56. The highest BCUT2D eigenvalue weighted by Crippen LogP contribution is 2.55. The lowest BCUT2D eigenvalue weighted by molar-refractivity contribution is -0.140. The molecule has 0 aromatic heterocycles. The van der Waals surface area contributed by atoms with Crippen molar-refractivity contribution in [2.24, 2.45) is 11.8 Å². The van der Waals surface area contributed by atoms with Gasteiger partial charge >= 0.3 is 0 Å². The second-order valence-electron chi connectivity index (χ2n) is 9.27. The van der Waals surface area contributed by atoms with Crippen molar-refractivity contribution in [1.29, 1.82) is 0 Å². The van der Waals surface area contributed by atoms with E-state index >= 15 is 0 Å². The molecule has 1 aliphatic carbocycles. The minimum absolute atomic E-state index is 0.126. The first-order valence-corrected chi connectivity index (χ1v) is 11.4. The van der Waals surface area contributed by atoms with E-state index in [0.29, 0.717) is 5.69 Å². The smallest absolute Gasteiger partial charge is 0.246 e. The van der Waals surface area contributed by atoms with Crippen LogP contribution in [0.4, 0.5) is 5.69 Å². The van der Waals surface area contributed by atoms with Crippen molar-refractivity contribution < 1.29 is 19.1 Å². The molecule has 1 aromatic carbocycles. The third kappa shape index (κ3) is 3.10. The summed E-state index contributed by atoms with van der Waals surface area (Å²) < 4.78 is 6.30. The zero-order chi connectivity index (χ0) is 22.5. The van der Waals surface area contributed by atoms with Gasteiger partial charge in [0.05, 0.1) is 17.9 Å². The van der Waals surface area contributed by atoms with Crippen LogP contribution in [0.25, 0.3) is 0 Å². The number of likely N-dealkylation sites (tertiary alicyclic amines) is 1. The Morgan fingerprint density at radius 3 is 2.72 bits per heavy atom. The van der Waals surface area contributed by atoms with Crippen LogP contribution >= 0.6 is 0 Å². The maximum atomic E-state index is 13.6. The molecule has 5 rings (SSSR count). The van der Waals surface area contributed by atoms with Gasteiger partial charge in [-0.2, -0.15) is 0 Å². The Balaban J connectivity index is 1.45. The van der Waals surface area contributed by atoms with Crippen molar-refractivity contribution >= 4 is 23.4 Å². The number of ether oxygens (including phenoxy) is 1. The summed E-state index contributed by atoms with van der Waals surface area (Å²) in [6, 6.07) is 6.84. The number of amides is 3. The fraction of sp³-hybridized carbons (Fsp3) is 0.480. The van der Waals surface area contributed by atoms with Gasteiger partial charge in [-0.15, -0.1) is 6.58 Å². The molecular formula is C25H29N3O4. The summed E-state index contributed by atoms with van der Waals surface area (Å²) in [5.41, 5.74) is 0.526. The maximum absolute atomic E-state index is 13.6. The van der Waals surface area contributed by atoms with Gasteiger partial charge in [-0.25, -0.2) is 0 Å². The summed E-state index contributed by atoms with van der Waals surface area (Å²) in [5, 5.41) is 6.10. The van der Waals surface area contributed by atoms with Gasteiger partial charge in [0, 0.05) is 18.3 Å². The third-order valence-corrected chi connectivity index (χ3v) is 7.36. The van der Waals surface area contributed by atoms with E-state index in [1.165, 1.54) is 4.90 Å². The molecule has 3 heterocycles. The monoisotopic (exact) mass is 435 g/mol. The molecule has 0 radical (unpaired) electrons. The van der Waals surface area contributed by atoms with Crippen LogP contribution in [0.5, 0.6) is 0 Å². The van der Waals surface area contributed by atoms with E-state index in [2.05, 4.69) is 17.2 Å². The van der Waals surface area contributed by atoms with Gasteiger partial charge in [0.2, 0.25) is 17.7 Å². The summed E-state index contributed by atoms with van der Waals surface area (Å²) in [4.78, 5) is 41.8. The third-order valence-electron chi connectivity index (χ3n) is 7.36. The van der Waals surface area contributed by atoms with E-state index in [1.807, 2.05) is 43.3 Å². The molecule has 2 bridgehead atoms. The summed E-state index contributed by atoms with van der Waals surface area (Å²) in [7, 11) is 0. The van der Waals surface area contributed by atoms with Gasteiger partial charge < -0.3 is 20.3 Å². The van der Waals surface area contributed by atoms with Gasteiger partial charge in [-0.1, -0.05) is 49.3 Å². The second-order valence-corrected chi connectivity index (χ2v) is 9.27. The molecule has 1 aromatic rings. The molecule has 2 saturated heterocycles. The van der Waals surface area contributed by atoms with Crippen molar-refractivity contribution in [3.05, 3.63) is 54.6 Å². The van der Waals surface area contributed by atoms with Crippen LogP contribution in [0, 0.1) is 18.8 Å². The molecule has 32 heavy (non-hydrogen) atoms. The van der Waals surface area contributed by atoms with Gasteiger partial charge in [-0.3, -0.25) is 14.4 Å². The van der Waals surface area contributed by atoms with Crippen LogP contribution in [0.2, 0.25) is 0 Å². The van der Waals surface area contributed by atoms with Crippen LogP contribution in [0.3, 0.4) is 0 Å². The quantitative estimate of drug-likeness (QED) is 0.672. The summed E-state index contributed by atoms with van der Waals surface area (Å²) >= 11 is 0. The highest BCUT2D eigenvalue weighted by Gasteiger charge is 2.72. The molecular weight excluding hydrogens is 406 g/mol. The Morgan fingerprint density at radius 2 is 2.00 bits per heavy atom. The predicted octanol–water partition coefficient (Wildman–Crippen LogP) is 2.33. The zero-order valence-corrected chi connectivity index (χ0v) is 18.3. The molecule has 3 fully saturated rings. The average Bonchev–Trinajstić information content (AvgIpc) is 3.53. The Hall–Kier alpha value is -2.93. The second kappa shape index (κ2) is 7.89. The minimum atomic E-state index is -1.12. The van der Waals surface area contributed by atoms with Gasteiger partial charge in [0.1, 0.15) is 11.6 Å². The molecule has 1 spiro atoms. The number of anilines is 1. The topological polar surface area (TPSA) is 87.7 Å². The van der Waals surface area contributed by atoms with Crippen LogP contribution in [0.15, 0.2) is 49.1 Å². The van der Waals surface area contributed by atoms with Crippen molar-refractivity contribution in [1.82, 2.24) is 10.2 Å². The van der Waals surface area contributed by atoms with Crippen LogP contribution in [-0.2, 0) is 19.1 Å². The number of aryl methyl sites for hydroxylation is 1. The summed E-state index contributed by atoms with van der Waals surface area (Å²) in [6.07, 6.45) is 8.84. The van der Waals surface area contributed by atoms with E-state index in [1.54, 1.807) is 6.08 Å². The lowest BCUT2D eigenvalue weighted by atomic mass is 9.74. The molecule has 168 valence electrons. The van der Waals surface area contributed by atoms with Crippen LogP contribution in [0.1, 0.15) is 31.2 Å². The normalized spacial score (nSPS) is 32.9. The number of benzene rings is 1. The standard InChI is InChI=1S/C25H29N3O4/c1-3-14-28-21(23(30)26-16-9-5-6-10-16)25-13-12-18(32-25)19(20(25)24(28)31)22(29)27-17-11-7-4-8-15(17)2/h3-4,7-8,11-13,16,18-21H,1,5-6,9-10,14H2,2H3,(H,26,30)(H,27,29)/t18-,19+,20-,21+,25-/m0/s1. The largest absolute Gasteiger partial charge is 0.359 e. The first-order valence-electron chi connectivity index (χ1n) is 11.4. The SMILES string of the molecule is C=CCN1C(=O)[C@@H]2[C@H](C(=O)Nc3ccccc3C)[C@@H]3C=C[C@@]2(O3)[C@H]1C(=O)NC1CCCC1. The van der Waals surface area contributed by atoms with Crippen molar-refractivity contribution in [2.75, 3.05) is 11.9 Å². The van der Waals surface area contributed by atoms with E-state index in [-0.39, 0.29) is 30.3 Å². The average molecular weight is 436 g/mol. The fourth-order valence-electron chi connectivity index (χ4n) is 5.88. The molecule has 3 amide bonds. The number of para-hydroxylation sites is 1. The first-order chi connectivity index (χ1) is 15.5. The van der Waals surface area contributed by atoms with Gasteiger partial charge in [0.15, 0.2) is 0 Å². The molecule has 5 atom stereocenters. The molecule has 4 aliphatic rings. The summed E-state index contributed by atoms with van der Waals surface area (Å²) in [5.74, 6) is -2.12. The fourth-order valence-corrected chi connectivity index (χ4v) is 5.88. The number of nitrogens with one attached hydrogen (secondary N) is 2. The molecule has 0 unspecified atom stereocenters. The molecule has 3 aliphatic heterocycles. The van der Waals surface area contributed by atoms with Gasteiger partial charge in [-0.05, 0) is 31.4 Å². The summed E-state index contributed by atoms with van der Waals surface area (Å²) in [6.45, 7) is 5.92.